The molecule has 0 aromatic heterocycles. The second-order valence-electron chi connectivity index (χ2n) is 8.67. The molecule has 0 bridgehead atoms. The van der Waals surface area contributed by atoms with Crippen molar-refractivity contribution in [1.29, 1.82) is 0 Å². The number of nitrogens with zero attached hydrogens (tertiary/aromatic N) is 2. The van der Waals surface area contributed by atoms with Crippen molar-refractivity contribution >= 4 is 29.7 Å². The van der Waals surface area contributed by atoms with Crippen LogP contribution >= 0.6 is 0 Å². The Morgan fingerprint density at radius 3 is 2.21 bits per heavy atom. The molecular formula is C23H30N4O7. The number of likely N-dealkylation sites (tertiary alicyclic amines) is 2. The van der Waals surface area contributed by atoms with E-state index < -0.39 is 60.2 Å². The Balaban J connectivity index is 1.79. The van der Waals surface area contributed by atoms with Gasteiger partial charge < -0.3 is 31.1 Å². The van der Waals surface area contributed by atoms with E-state index in [2.05, 4.69) is 5.32 Å². The molecule has 0 radical (unpaired) electrons. The molecule has 2 saturated heterocycles. The Bertz CT molecular complexity index is 939. The molecule has 11 heteroatoms. The van der Waals surface area contributed by atoms with Gasteiger partial charge >= 0.3 is 11.9 Å². The van der Waals surface area contributed by atoms with Crippen molar-refractivity contribution in [3.05, 3.63) is 35.9 Å². The molecule has 0 aliphatic carbocycles. The molecule has 4 atom stereocenters. The highest BCUT2D eigenvalue weighted by atomic mass is 16.4. The highest BCUT2D eigenvalue weighted by Gasteiger charge is 2.43. The molecule has 2 aliphatic heterocycles. The monoisotopic (exact) mass is 474 g/mol. The number of nitrogens with two attached hydrogens (primary N) is 1. The summed E-state index contributed by atoms with van der Waals surface area (Å²) in [5.41, 5.74) is 6.45. The number of carbonyl (C=O) groups is 5. The molecule has 1 aromatic rings. The molecule has 184 valence electrons. The molecule has 0 saturated carbocycles. The van der Waals surface area contributed by atoms with Crippen molar-refractivity contribution in [2.45, 2.75) is 62.7 Å². The van der Waals surface area contributed by atoms with E-state index in [0.717, 1.165) is 5.56 Å². The summed E-state index contributed by atoms with van der Waals surface area (Å²) in [5.74, 6) is -3.96. The van der Waals surface area contributed by atoms with E-state index in [1.54, 1.807) is 24.3 Å². The first-order valence-electron chi connectivity index (χ1n) is 11.3. The number of carboxylic acids is 2. The van der Waals surface area contributed by atoms with Gasteiger partial charge in [0.1, 0.15) is 18.1 Å². The maximum atomic E-state index is 13.5. The van der Waals surface area contributed by atoms with E-state index in [1.807, 2.05) is 6.07 Å². The van der Waals surface area contributed by atoms with Crippen molar-refractivity contribution in [2.75, 3.05) is 13.1 Å². The summed E-state index contributed by atoms with van der Waals surface area (Å²) in [7, 11) is 0. The highest BCUT2D eigenvalue weighted by Crippen LogP contribution is 2.26. The Hall–Kier alpha value is -3.47. The summed E-state index contributed by atoms with van der Waals surface area (Å²) in [6, 6.07) is 4.86. The summed E-state index contributed by atoms with van der Waals surface area (Å²) in [6.07, 6.45) is 1.46. The number of hydrogen-bond acceptors (Lipinski definition) is 6. The fourth-order valence-electron chi connectivity index (χ4n) is 4.58. The Labute approximate surface area is 196 Å². The van der Waals surface area contributed by atoms with Gasteiger partial charge in [-0.15, -0.1) is 0 Å². The van der Waals surface area contributed by atoms with Crippen molar-refractivity contribution in [3.8, 4) is 0 Å². The van der Waals surface area contributed by atoms with E-state index in [1.165, 1.54) is 9.80 Å². The van der Waals surface area contributed by atoms with Crippen LogP contribution in [0.25, 0.3) is 0 Å². The lowest BCUT2D eigenvalue weighted by Gasteiger charge is -2.32. The standard InChI is InChI=1S/C23H30N4O7/c24-15(13-19(28)29)20(30)25-16(12-14-6-2-1-3-7-14)21(31)26-10-4-8-17(26)22(32)27-11-5-9-18(27)23(33)34/h1-3,6-7,15-18H,4-5,8-13,24H2,(H,25,30)(H,28,29)(H,33,34). The van der Waals surface area contributed by atoms with Gasteiger partial charge in [-0.2, -0.15) is 0 Å². The number of aliphatic carboxylic acids is 2. The summed E-state index contributed by atoms with van der Waals surface area (Å²) in [5, 5.41) is 20.9. The zero-order chi connectivity index (χ0) is 24.8. The maximum absolute atomic E-state index is 13.5. The molecule has 2 fully saturated rings. The van der Waals surface area contributed by atoms with Crippen LogP contribution in [0.4, 0.5) is 0 Å². The van der Waals surface area contributed by atoms with Gasteiger partial charge in [0.25, 0.3) is 0 Å². The van der Waals surface area contributed by atoms with Crippen LogP contribution in [-0.4, -0.2) is 86.9 Å². The van der Waals surface area contributed by atoms with Crippen molar-refractivity contribution in [1.82, 2.24) is 15.1 Å². The van der Waals surface area contributed by atoms with Gasteiger partial charge in [0, 0.05) is 19.5 Å². The Morgan fingerprint density at radius 2 is 1.59 bits per heavy atom. The van der Waals surface area contributed by atoms with E-state index in [9.17, 15) is 29.1 Å². The summed E-state index contributed by atoms with van der Waals surface area (Å²) in [6.45, 7) is 0.617. The minimum Gasteiger partial charge on any atom is -0.481 e. The van der Waals surface area contributed by atoms with Crippen LogP contribution in [0.3, 0.4) is 0 Å². The van der Waals surface area contributed by atoms with E-state index in [-0.39, 0.29) is 6.42 Å². The van der Waals surface area contributed by atoms with Crippen LogP contribution in [0.15, 0.2) is 30.3 Å². The number of rotatable bonds is 9. The van der Waals surface area contributed by atoms with Crippen LogP contribution in [-0.2, 0) is 30.4 Å². The zero-order valence-electron chi connectivity index (χ0n) is 18.8. The van der Waals surface area contributed by atoms with Crippen molar-refractivity contribution in [2.24, 2.45) is 5.73 Å². The molecule has 3 amide bonds. The molecule has 5 N–H and O–H groups in total. The summed E-state index contributed by atoms with van der Waals surface area (Å²) < 4.78 is 0. The third-order valence-electron chi connectivity index (χ3n) is 6.27. The number of hydrogen-bond donors (Lipinski definition) is 4. The van der Waals surface area contributed by atoms with Crippen LogP contribution in [0.1, 0.15) is 37.7 Å². The van der Waals surface area contributed by atoms with Crippen molar-refractivity contribution < 1.29 is 34.2 Å². The van der Waals surface area contributed by atoms with E-state index in [4.69, 9.17) is 10.8 Å². The number of carboxylic acid groups (broad SMARTS) is 2. The fourth-order valence-corrected chi connectivity index (χ4v) is 4.58. The predicted octanol–water partition coefficient (Wildman–Crippen LogP) is -0.417. The van der Waals surface area contributed by atoms with Crippen LogP contribution < -0.4 is 11.1 Å². The van der Waals surface area contributed by atoms with Crippen molar-refractivity contribution in [3.63, 3.8) is 0 Å². The average molecular weight is 475 g/mol. The minimum absolute atomic E-state index is 0.129. The smallest absolute Gasteiger partial charge is 0.326 e. The maximum Gasteiger partial charge on any atom is 0.326 e. The molecule has 34 heavy (non-hydrogen) atoms. The quantitative estimate of drug-likeness (QED) is 0.374. The topological polar surface area (TPSA) is 170 Å². The highest BCUT2D eigenvalue weighted by molar-refractivity contribution is 5.95. The first-order valence-corrected chi connectivity index (χ1v) is 11.3. The van der Waals surface area contributed by atoms with Gasteiger partial charge in [0.15, 0.2) is 0 Å². The largest absolute Gasteiger partial charge is 0.481 e. The van der Waals surface area contributed by atoms with Gasteiger partial charge in [0.05, 0.1) is 12.5 Å². The second-order valence-corrected chi connectivity index (χ2v) is 8.67. The molecule has 2 heterocycles. The van der Waals surface area contributed by atoms with Gasteiger partial charge in [-0.1, -0.05) is 30.3 Å². The molecule has 2 aliphatic rings. The Kier molecular flexibility index (Phi) is 8.21. The Morgan fingerprint density at radius 1 is 0.971 bits per heavy atom. The van der Waals surface area contributed by atoms with Crippen LogP contribution in [0.5, 0.6) is 0 Å². The van der Waals surface area contributed by atoms with Crippen LogP contribution in [0, 0.1) is 0 Å². The molecule has 1 aromatic carbocycles. The van der Waals surface area contributed by atoms with Crippen LogP contribution in [0.2, 0.25) is 0 Å². The number of nitrogens with one attached hydrogen (secondary N) is 1. The number of benzene rings is 1. The van der Waals surface area contributed by atoms with Gasteiger partial charge in [-0.25, -0.2) is 4.79 Å². The molecule has 4 unspecified atom stereocenters. The predicted molar refractivity (Wildman–Crippen MR) is 119 cm³/mol. The third kappa shape index (κ3) is 5.90. The molecule has 0 spiro atoms. The zero-order valence-corrected chi connectivity index (χ0v) is 18.8. The van der Waals surface area contributed by atoms with Gasteiger partial charge in [0.2, 0.25) is 17.7 Å². The summed E-state index contributed by atoms with van der Waals surface area (Å²) in [4.78, 5) is 64.5. The number of carbonyl (C=O) groups excluding carboxylic acids is 3. The normalized spacial score (nSPS) is 21.7. The molecular weight excluding hydrogens is 444 g/mol. The SMILES string of the molecule is NC(CC(=O)O)C(=O)NC(Cc1ccccc1)C(=O)N1CCCC1C(=O)N1CCCC1C(=O)O. The second kappa shape index (κ2) is 11.1. The molecule has 11 nitrogen and oxygen atoms in total. The lowest BCUT2D eigenvalue weighted by molar-refractivity contribution is -0.152. The lowest BCUT2D eigenvalue weighted by atomic mass is 10.0. The van der Waals surface area contributed by atoms with E-state index >= 15 is 0 Å². The van der Waals surface area contributed by atoms with Gasteiger partial charge in [-0.05, 0) is 31.2 Å². The minimum atomic E-state index is -1.33. The summed E-state index contributed by atoms with van der Waals surface area (Å²) >= 11 is 0. The third-order valence-corrected chi connectivity index (χ3v) is 6.27. The first kappa shape index (κ1) is 25.2. The fraction of sp³-hybridized carbons (Fsp3) is 0.522. The number of amides is 3. The lowest BCUT2D eigenvalue weighted by Crippen LogP contribution is -2.57. The van der Waals surface area contributed by atoms with E-state index in [0.29, 0.717) is 38.8 Å². The molecule has 3 rings (SSSR count). The first-order chi connectivity index (χ1) is 16.2. The van der Waals surface area contributed by atoms with Gasteiger partial charge in [-0.3, -0.25) is 19.2 Å². The average Bonchev–Trinajstić information content (AvgIpc) is 3.48.